The van der Waals surface area contributed by atoms with Gasteiger partial charge in [-0.1, -0.05) is 27.7 Å². The van der Waals surface area contributed by atoms with E-state index in [-0.39, 0.29) is 17.2 Å². The van der Waals surface area contributed by atoms with E-state index >= 15 is 0 Å². The van der Waals surface area contributed by atoms with Crippen LogP contribution in [0.3, 0.4) is 0 Å². The quantitative estimate of drug-likeness (QED) is 0.595. The first kappa shape index (κ1) is 13.7. The normalized spacial score (nSPS) is 13.1. The van der Waals surface area contributed by atoms with Gasteiger partial charge in [0.2, 0.25) is 5.91 Å². The Morgan fingerprint density at radius 1 is 1.20 bits per heavy atom. The summed E-state index contributed by atoms with van der Waals surface area (Å²) < 4.78 is 0. The van der Waals surface area contributed by atoms with Crippen molar-refractivity contribution in [3.05, 3.63) is 0 Å². The molecule has 5 nitrogen and oxygen atoms in total. The van der Waals surface area contributed by atoms with E-state index in [2.05, 4.69) is 10.6 Å². The summed E-state index contributed by atoms with van der Waals surface area (Å²) in [6, 6.07) is -0.576. The van der Waals surface area contributed by atoms with E-state index in [9.17, 15) is 9.59 Å². The van der Waals surface area contributed by atoms with Crippen LogP contribution in [0.4, 0.5) is 4.79 Å². The highest BCUT2D eigenvalue weighted by Gasteiger charge is 2.26. The molecule has 0 saturated carbocycles. The molecule has 0 aliphatic heterocycles. The lowest BCUT2D eigenvalue weighted by molar-refractivity contribution is -0.127. The molecule has 4 N–H and O–H groups in total. The lowest BCUT2D eigenvalue weighted by Crippen LogP contribution is -2.41. The first-order valence-electron chi connectivity index (χ1n) is 5.06. The van der Waals surface area contributed by atoms with Gasteiger partial charge < -0.3 is 16.4 Å². The van der Waals surface area contributed by atoms with E-state index in [4.69, 9.17) is 5.73 Å². The third kappa shape index (κ3) is 5.93. The Hall–Kier alpha value is -1.26. The highest BCUT2D eigenvalue weighted by molar-refractivity contribution is 5.79. The summed E-state index contributed by atoms with van der Waals surface area (Å²) >= 11 is 0. The SMILES string of the molecule is CC(C(=O)NCCNC(N)=O)C(C)(C)C. The maximum atomic E-state index is 11.6. The Morgan fingerprint density at radius 3 is 2.07 bits per heavy atom. The molecule has 0 rings (SSSR count). The second kappa shape index (κ2) is 5.58. The minimum atomic E-state index is -0.576. The van der Waals surface area contributed by atoms with Crippen molar-refractivity contribution < 1.29 is 9.59 Å². The number of carbonyl (C=O) groups is 2. The number of primary amides is 1. The van der Waals surface area contributed by atoms with Gasteiger partial charge in [0.25, 0.3) is 0 Å². The van der Waals surface area contributed by atoms with Crippen molar-refractivity contribution >= 4 is 11.9 Å². The summed E-state index contributed by atoms with van der Waals surface area (Å²) in [5, 5.41) is 5.14. The van der Waals surface area contributed by atoms with Gasteiger partial charge in [-0.2, -0.15) is 0 Å². The third-order valence-corrected chi connectivity index (χ3v) is 2.42. The summed E-state index contributed by atoms with van der Waals surface area (Å²) in [5.41, 5.74) is 4.82. The number of hydrogen-bond acceptors (Lipinski definition) is 2. The molecule has 0 bridgehead atoms. The van der Waals surface area contributed by atoms with Crippen molar-refractivity contribution in [3.63, 3.8) is 0 Å². The molecule has 3 amide bonds. The predicted octanol–water partition coefficient (Wildman–Crippen LogP) is 0.453. The smallest absolute Gasteiger partial charge is 0.312 e. The summed E-state index contributed by atoms with van der Waals surface area (Å²) in [6.45, 7) is 8.69. The summed E-state index contributed by atoms with van der Waals surface area (Å²) in [7, 11) is 0. The molecule has 15 heavy (non-hydrogen) atoms. The average Bonchev–Trinajstić information content (AvgIpc) is 2.09. The summed E-state index contributed by atoms with van der Waals surface area (Å²) in [5.74, 6) is -0.0696. The highest BCUT2D eigenvalue weighted by Crippen LogP contribution is 2.24. The first-order chi connectivity index (χ1) is 6.75. The molecule has 0 aromatic heterocycles. The molecule has 88 valence electrons. The maximum absolute atomic E-state index is 11.6. The topological polar surface area (TPSA) is 84.2 Å². The second-order valence-electron chi connectivity index (χ2n) is 4.67. The highest BCUT2D eigenvalue weighted by atomic mass is 16.2. The van der Waals surface area contributed by atoms with Gasteiger partial charge in [0, 0.05) is 19.0 Å². The van der Waals surface area contributed by atoms with Crippen LogP contribution in [0.1, 0.15) is 27.7 Å². The van der Waals surface area contributed by atoms with E-state index in [1.807, 2.05) is 27.7 Å². The predicted molar refractivity (Wildman–Crippen MR) is 59.2 cm³/mol. The van der Waals surface area contributed by atoms with E-state index < -0.39 is 6.03 Å². The van der Waals surface area contributed by atoms with Gasteiger partial charge in [0.15, 0.2) is 0 Å². The molecule has 0 aromatic rings. The van der Waals surface area contributed by atoms with Crippen molar-refractivity contribution in [2.45, 2.75) is 27.7 Å². The third-order valence-electron chi connectivity index (χ3n) is 2.42. The van der Waals surface area contributed by atoms with Crippen LogP contribution in [0.5, 0.6) is 0 Å². The lowest BCUT2D eigenvalue weighted by Gasteiger charge is -2.26. The van der Waals surface area contributed by atoms with E-state index in [0.717, 1.165) is 0 Å². The van der Waals surface area contributed by atoms with E-state index in [0.29, 0.717) is 13.1 Å². The van der Waals surface area contributed by atoms with Gasteiger partial charge in [0.05, 0.1) is 0 Å². The molecule has 0 aliphatic rings. The molecule has 0 radical (unpaired) electrons. The Labute approximate surface area is 90.8 Å². The average molecular weight is 215 g/mol. The molecule has 0 heterocycles. The Balaban J connectivity index is 3.80. The van der Waals surface area contributed by atoms with Crippen LogP contribution in [0.2, 0.25) is 0 Å². The first-order valence-corrected chi connectivity index (χ1v) is 5.06. The zero-order valence-electron chi connectivity index (χ0n) is 9.89. The summed E-state index contributed by atoms with van der Waals surface area (Å²) in [6.07, 6.45) is 0. The molecule has 0 fully saturated rings. The van der Waals surface area contributed by atoms with Crippen LogP contribution in [0.25, 0.3) is 0 Å². The number of nitrogens with one attached hydrogen (secondary N) is 2. The van der Waals surface area contributed by atoms with Crippen molar-refractivity contribution in [2.75, 3.05) is 13.1 Å². The Bertz CT molecular complexity index is 233. The van der Waals surface area contributed by atoms with Crippen molar-refractivity contribution in [1.82, 2.24) is 10.6 Å². The molecular weight excluding hydrogens is 194 g/mol. The Morgan fingerprint density at radius 2 is 1.67 bits per heavy atom. The van der Waals surface area contributed by atoms with Gasteiger partial charge in [-0.05, 0) is 5.41 Å². The molecule has 0 aromatic carbocycles. The number of amides is 3. The number of urea groups is 1. The number of carbonyl (C=O) groups excluding carboxylic acids is 2. The van der Waals surface area contributed by atoms with Crippen LogP contribution in [-0.4, -0.2) is 25.0 Å². The zero-order chi connectivity index (χ0) is 12.1. The van der Waals surface area contributed by atoms with Crippen molar-refractivity contribution in [3.8, 4) is 0 Å². The Kier molecular flexibility index (Phi) is 5.11. The molecule has 1 atom stereocenters. The lowest BCUT2D eigenvalue weighted by atomic mass is 9.81. The number of nitrogens with two attached hydrogens (primary N) is 1. The van der Waals surface area contributed by atoms with Gasteiger partial charge in [-0.15, -0.1) is 0 Å². The molecule has 1 unspecified atom stereocenters. The fraction of sp³-hybridized carbons (Fsp3) is 0.800. The number of rotatable bonds is 4. The van der Waals surface area contributed by atoms with Crippen molar-refractivity contribution in [1.29, 1.82) is 0 Å². The molecule has 5 heteroatoms. The zero-order valence-corrected chi connectivity index (χ0v) is 9.89. The minimum Gasteiger partial charge on any atom is -0.354 e. The second-order valence-corrected chi connectivity index (χ2v) is 4.67. The van der Waals surface area contributed by atoms with Crippen LogP contribution >= 0.6 is 0 Å². The molecular formula is C10H21N3O2. The monoisotopic (exact) mass is 215 g/mol. The van der Waals surface area contributed by atoms with E-state index in [1.165, 1.54) is 0 Å². The maximum Gasteiger partial charge on any atom is 0.312 e. The fourth-order valence-corrected chi connectivity index (χ4v) is 0.918. The fourth-order valence-electron chi connectivity index (χ4n) is 0.918. The van der Waals surface area contributed by atoms with E-state index in [1.54, 1.807) is 0 Å². The van der Waals surface area contributed by atoms with Crippen LogP contribution in [0.15, 0.2) is 0 Å². The van der Waals surface area contributed by atoms with Gasteiger partial charge in [-0.3, -0.25) is 4.79 Å². The standard InChI is InChI=1S/C10H21N3O2/c1-7(10(2,3)4)8(14)12-5-6-13-9(11)15/h7H,5-6H2,1-4H3,(H,12,14)(H3,11,13,15). The number of hydrogen-bond donors (Lipinski definition) is 3. The minimum absolute atomic E-state index is 0.00577. The van der Waals surface area contributed by atoms with Gasteiger partial charge in [-0.25, -0.2) is 4.79 Å². The molecule has 0 saturated heterocycles. The molecule has 0 spiro atoms. The van der Waals surface area contributed by atoms with Crippen LogP contribution in [0, 0.1) is 11.3 Å². The van der Waals surface area contributed by atoms with Gasteiger partial charge in [0.1, 0.15) is 0 Å². The van der Waals surface area contributed by atoms with Gasteiger partial charge >= 0.3 is 6.03 Å². The van der Waals surface area contributed by atoms with Crippen molar-refractivity contribution in [2.24, 2.45) is 17.1 Å². The van der Waals surface area contributed by atoms with Crippen LogP contribution in [-0.2, 0) is 4.79 Å². The largest absolute Gasteiger partial charge is 0.354 e. The summed E-state index contributed by atoms with van der Waals surface area (Å²) in [4.78, 5) is 21.9. The molecule has 0 aliphatic carbocycles. The van der Waals surface area contributed by atoms with Crippen LogP contribution < -0.4 is 16.4 Å².